The molecular weight excluding hydrogens is 258 g/mol. The Kier molecular flexibility index (Phi) is 6.14. The number of nitrogens with zero attached hydrogens (tertiary/aromatic N) is 2. The van der Waals surface area contributed by atoms with Crippen LogP contribution in [0.5, 0.6) is 0 Å². The number of carbonyl (C=O) groups is 1. The maximum absolute atomic E-state index is 12.4. The van der Waals surface area contributed by atoms with E-state index >= 15 is 0 Å². The Bertz CT molecular complexity index is 398. The van der Waals surface area contributed by atoms with E-state index in [4.69, 9.17) is 9.84 Å². The zero-order valence-corrected chi connectivity index (χ0v) is 10.6. The first-order valence-electron chi connectivity index (χ1n) is 5.85. The van der Waals surface area contributed by atoms with Crippen molar-refractivity contribution in [3.8, 4) is 0 Å². The molecule has 0 aliphatic heterocycles. The highest BCUT2D eigenvalue weighted by Gasteiger charge is 2.14. The number of aromatic nitrogens is 1. The highest BCUT2D eigenvalue weighted by molar-refractivity contribution is 5.89. The lowest BCUT2D eigenvalue weighted by atomic mass is 10.3. The number of hydrogen-bond acceptors (Lipinski definition) is 5. The second-order valence-electron chi connectivity index (χ2n) is 3.69. The lowest BCUT2D eigenvalue weighted by Gasteiger charge is -2.22. The van der Waals surface area contributed by atoms with Gasteiger partial charge in [-0.3, -0.25) is 0 Å². The summed E-state index contributed by atoms with van der Waals surface area (Å²) in [5.41, 5.74) is 0.256. The molecule has 1 N–H and O–H groups in total. The van der Waals surface area contributed by atoms with Crippen LogP contribution in [0.2, 0.25) is 0 Å². The Hall–Kier alpha value is -1.76. The van der Waals surface area contributed by atoms with Gasteiger partial charge in [0.1, 0.15) is 5.82 Å². The third kappa shape index (κ3) is 4.78. The number of halogens is 2. The van der Waals surface area contributed by atoms with Crippen molar-refractivity contribution in [3.63, 3.8) is 0 Å². The molecule has 19 heavy (non-hydrogen) atoms. The van der Waals surface area contributed by atoms with Gasteiger partial charge in [0.2, 0.25) is 0 Å². The lowest BCUT2D eigenvalue weighted by molar-refractivity contribution is 0.0526. The Morgan fingerprint density at radius 3 is 2.74 bits per heavy atom. The van der Waals surface area contributed by atoms with Crippen LogP contribution >= 0.6 is 0 Å². The number of pyridine rings is 1. The number of aliphatic hydroxyl groups is 1. The smallest absolute Gasteiger partial charge is 0.339 e. The summed E-state index contributed by atoms with van der Waals surface area (Å²) in [5, 5.41) is 8.84. The number of hydrogen-bond donors (Lipinski definition) is 1. The molecule has 0 atom stereocenters. The molecule has 1 rings (SSSR count). The van der Waals surface area contributed by atoms with E-state index in [-0.39, 0.29) is 31.1 Å². The molecule has 1 heterocycles. The first-order valence-corrected chi connectivity index (χ1v) is 5.85. The Balaban J connectivity index is 2.79. The summed E-state index contributed by atoms with van der Waals surface area (Å²) >= 11 is 0. The quantitative estimate of drug-likeness (QED) is 0.760. The van der Waals surface area contributed by atoms with Gasteiger partial charge in [-0.05, 0) is 19.1 Å². The molecule has 0 aliphatic carbocycles. The van der Waals surface area contributed by atoms with Crippen molar-refractivity contribution in [2.24, 2.45) is 0 Å². The molecule has 0 saturated carbocycles. The molecule has 0 unspecified atom stereocenters. The van der Waals surface area contributed by atoms with E-state index in [1.165, 1.54) is 23.2 Å². The van der Waals surface area contributed by atoms with E-state index in [9.17, 15) is 13.6 Å². The zero-order chi connectivity index (χ0) is 14.3. The Morgan fingerprint density at radius 2 is 2.26 bits per heavy atom. The summed E-state index contributed by atoms with van der Waals surface area (Å²) in [6.45, 7) is 1.21. The van der Waals surface area contributed by atoms with Gasteiger partial charge in [0.05, 0.1) is 25.3 Å². The summed E-state index contributed by atoms with van der Waals surface area (Å²) in [6.07, 6.45) is -1.26. The van der Waals surface area contributed by atoms with Gasteiger partial charge in [0.15, 0.2) is 0 Å². The molecule has 1 aromatic rings. The van der Waals surface area contributed by atoms with E-state index in [2.05, 4.69) is 4.98 Å². The highest BCUT2D eigenvalue weighted by atomic mass is 19.3. The molecule has 0 amide bonds. The van der Waals surface area contributed by atoms with Gasteiger partial charge in [-0.1, -0.05) is 0 Å². The number of ether oxygens (including phenoxy) is 1. The van der Waals surface area contributed by atoms with Gasteiger partial charge in [-0.25, -0.2) is 18.6 Å². The fraction of sp³-hybridized carbons (Fsp3) is 0.500. The van der Waals surface area contributed by atoms with Gasteiger partial charge in [-0.2, -0.15) is 0 Å². The predicted molar refractivity (Wildman–Crippen MR) is 65.5 cm³/mol. The number of anilines is 1. The van der Waals surface area contributed by atoms with E-state index in [1.807, 2.05) is 0 Å². The van der Waals surface area contributed by atoms with E-state index in [0.29, 0.717) is 0 Å². The van der Waals surface area contributed by atoms with Crippen molar-refractivity contribution in [3.05, 3.63) is 23.9 Å². The van der Waals surface area contributed by atoms with Crippen molar-refractivity contribution in [2.75, 3.05) is 31.2 Å². The van der Waals surface area contributed by atoms with Crippen molar-refractivity contribution < 1.29 is 23.4 Å². The first kappa shape index (κ1) is 15.3. The molecule has 106 valence electrons. The Morgan fingerprint density at radius 1 is 1.53 bits per heavy atom. The van der Waals surface area contributed by atoms with Crippen molar-refractivity contribution in [1.29, 1.82) is 0 Å². The lowest BCUT2D eigenvalue weighted by Crippen LogP contribution is -2.32. The van der Waals surface area contributed by atoms with Crippen LogP contribution in [0.15, 0.2) is 18.3 Å². The molecule has 0 bridgehead atoms. The minimum atomic E-state index is -2.53. The largest absolute Gasteiger partial charge is 0.462 e. The predicted octanol–water partition coefficient (Wildman–Crippen LogP) is 1.32. The third-order valence-corrected chi connectivity index (χ3v) is 2.31. The fourth-order valence-electron chi connectivity index (χ4n) is 1.49. The van der Waals surface area contributed by atoms with Gasteiger partial charge >= 0.3 is 5.97 Å². The maximum atomic E-state index is 12.4. The Labute approximate surface area is 109 Å². The number of rotatable bonds is 7. The van der Waals surface area contributed by atoms with E-state index in [1.54, 1.807) is 6.92 Å². The molecule has 0 radical (unpaired) electrons. The molecule has 5 nitrogen and oxygen atoms in total. The second kappa shape index (κ2) is 7.63. The van der Waals surface area contributed by atoms with Gasteiger partial charge < -0.3 is 14.7 Å². The molecule has 0 saturated heterocycles. The van der Waals surface area contributed by atoms with Crippen LogP contribution in [0, 0.1) is 0 Å². The van der Waals surface area contributed by atoms with Gasteiger partial charge in [0, 0.05) is 12.7 Å². The summed E-state index contributed by atoms with van der Waals surface area (Å²) < 4.78 is 29.5. The fourth-order valence-corrected chi connectivity index (χ4v) is 1.49. The van der Waals surface area contributed by atoms with Crippen LogP contribution in [0.25, 0.3) is 0 Å². The third-order valence-electron chi connectivity index (χ3n) is 2.31. The van der Waals surface area contributed by atoms with Crippen LogP contribution in [0.1, 0.15) is 17.3 Å². The topological polar surface area (TPSA) is 62.7 Å². The number of esters is 1. The standard InChI is InChI=1S/C12H16F2N2O3/c1-2-19-12(18)9-3-4-11(15-7-9)16(5-6-17)8-10(13)14/h3-4,7,10,17H,2,5-6,8H2,1H3. The molecule has 0 aliphatic rings. The van der Waals surface area contributed by atoms with Crippen LogP contribution in [-0.4, -0.2) is 48.8 Å². The monoisotopic (exact) mass is 274 g/mol. The maximum Gasteiger partial charge on any atom is 0.339 e. The molecule has 0 aromatic carbocycles. The van der Waals surface area contributed by atoms with Crippen molar-refractivity contribution in [1.82, 2.24) is 4.98 Å². The number of aliphatic hydroxyl groups excluding tert-OH is 1. The minimum absolute atomic E-state index is 0.0517. The molecular formula is C12H16F2N2O3. The number of carbonyl (C=O) groups excluding carboxylic acids is 1. The average molecular weight is 274 g/mol. The van der Waals surface area contributed by atoms with Gasteiger partial charge in [-0.15, -0.1) is 0 Å². The van der Waals surface area contributed by atoms with Crippen LogP contribution in [0.3, 0.4) is 0 Å². The summed E-state index contributed by atoms with van der Waals surface area (Å²) in [5.74, 6) is -0.230. The number of alkyl halides is 2. The molecule has 0 spiro atoms. The molecule has 0 fully saturated rings. The van der Waals surface area contributed by atoms with Crippen LogP contribution in [0.4, 0.5) is 14.6 Å². The van der Waals surface area contributed by atoms with Gasteiger partial charge in [0.25, 0.3) is 6.43 Å². The minimum Gasteiger partial charge on any atom is -0.462 e. The molecule has 1 aromatic heterocycles. The SMILES string of the molecule is CCOC(=O)c1ccc(N(CCO)CC(F)F)nc1. The first-order chi connectivity index (χ1) is 9.08. The van der Waals surface area contributed by atoms with Crippen LogP contribution < -0.4 is 4.90 Å². The van der Waals surface area contributed by atoms with E-state index < -0.39 is 18.9 Å². The average Bonchev–Trinajstić information content (AvgIpc) is 2.38. The van der Waals surface area contributed by atoms with Crippen molar-refractivity contribution >= 4 is 11.8 Å². The highest BCUT2D eigenvalue weighted by Crippen LogP contribution is 2.13. The summed E-state index contributed by atoms with van der Waals surface area (Å²) in [6, 6.07) is 2.90. The normalized spacial score (nSPS) is 10.6. The summed E-state index contributed by atoms with van der Waals surface area (Å²) in [7, 11) is 0. The van der Waals surface area contributed by atoms with Crippen molar-refractivity contribution in [2.45, 2.75) is 13.3 Å². The summed E-state index contributed by atoms with van der Waals surface area (Å²) in [4.78, 5) is 16.6. The van der Waals surface area contributed by atoms with Crippen LogP contribution in [-0.2, 0) is 4.74 Å². The molecule has 7 heteroatoms. The zero-order valence-electron chi connectivity index (χ0n) is 10.6. The van der Waals surface area contributed by atoms with E-state index in [0.717, 1.165) is 0 Å². The second-order valence-corrected chi connectivity index (χ2v) is 3.69.